The molecule has 0 bridgehead atoms. The van der Waals surface area contributed by atoms with Crippen molar-refractivity contribution in [1.29, 1.82) is 0 Å². The molecule has 2 rings (SSSR count). The summed E-state index contributed by atoms with van der Waals surface area (Å²) in [5.41, 5.74) is 6.39. The zero-order valence-electron chi connectivity index (χ0n) is 10.7. The van der Waals surface area contributed by atoms with Gasteiger partial charge in [0.15, 0.2) is 0 Å². The molecule has 0 spiro atoms. The van der Waals surface area contributed by atoms with Gasteiger partial charge in [-0.15, -0.1) is 0 Å². The summed E-state index contributed by atoms with van der Waals surface area (Å²) in [5.74, 6) is 0.193. The van der Waals surface area contributed by atoms with Crippen LogP contribution in [0.4, 0.5) is 0 Å². The van der Waals surface area contributed by atoms with Gasteiger partial charge in [0.2, 0.25) is 5.91 Å². The predicted octanol–water partition coefficient (Wildman–Crippen LogP) is 1.44. The summed E-state index contributed by atoms with van der Waals surface area (Å²) >= 11 is 0. The van der Waals surface area contributed by atoms with Crippen LogP contribution in [0.5, 0.6) is 5.75 Å². The number of carbonyl (C=O) groups excluding carboxylic acids is 1. The molecule has 0 aromatic heterocycles. The molecule has 4 heteroatoms. The van der Waals surface area contributed by atoms with Crippen molar-refractivity contribution in [3.8, 4) is 5.75 Å². The Morgan fingerprint density at radius 2 is 2.33 bits per heavy atom. The van der Waals surface area contributed by atoms with Gasteiger partial charge in [0.25, 0.3) is 0 Å². The van der Waals surface area contributed by atoms with Crippen molar-refractivity contribution < 1.29 is 9.53 Å². The monoisotopic (exact) mass is 248 g/mol. The highest BCUT2D eigenvalue weighted by Gasteiger charge is 2.19. The molecule has 98 valence electrons. The Kier molecular flexibility index (Phi) is 4.20. The smallest absolute Gasteiger partial charge is 0.223 e. The molecule has 1 fully saturated rings. The highest BCUT2D eigenvalue weighted by molar-refractivity contribution is 5.76. The van der Waals surface area contributed by atoms with E-state index < -0.39 is 0 Å². The molecule has 1 unspecified atom stereocenters. The molecule has 3 N–H and O–H groups in total. The van der Waals surface area contributed by atoms with Crippen LogP contribution in [0.15, 0.2) is 24.3 Å². The number of ether oxygens (including phenoxy) is 1. The first-order valence-corrected chi connectivity index (χ1v) is 6.39. The Balaban J connectivity index is 1.83. The third-order valence-corrected chi connectivity index (χ3v) is 3.06. The molecule has 1 atom stereocenters. The first kappa shape index (κ1) is 12.9. The van der Waals surface area contributed by atoms with Crippen molar-refractivity contribution in [2.75, 3.05) is 6.61 Å². The van der Waals surface area contributed by atoms with Gasteiger partial charge in [0, 0.05) is 12.6 Å². The number of nitrogens with two attached hydrogens (primary N) is 1. The van der Waals surface area contributed by atoms with E-state index in [1.807, 2.05) is 18.2 Å². The molecule has 1 amide bonds. The van der Waals surface area contributed by atoms with E-state index in [1.165, 1.54) is 18.4 Å². The van der Waals surface area contributed by atoms with Crippen molar-refractivity contribution in [2.24, 2.45) is 11.7 Å². The average Bonchev–Trinajstić information content (AvgIpc) is 3.18. The van der Waals surface area contributed by atoms with Gasteiger partial charge in [-0.25, -0.2) is 0 Å². The van der Waals surface area contributed by atoms with Crippen LogP contribution in [0, 0.1) is 5.92 Å². The summed E-state index contributed by atoms with van der Waals surface area (Å²) in [5, 5.41) is 3.45. The fourth-order valence-corrected chi connectivity index (χ4v) is 1.60. The van der Waals surface area contributed by atoms with E-state index >= 15 is 0 Å². The number of primary amides is 1. The summed E-state index contributed by atoms with van der Waals surface area (Å²) in [6.07, 6.45) is 2.57. The topological polar surface area (TPSA) is 64.3 Å². The van der Waals surface area contributed by atoms with E-state index in [1.54, 1.807) is 6.92 Å². The molecule has 0 heterocycles. The summed E-state index contributed by atoms with van der Waals surface area (Å²) in [7, 11) is 0. The van der Waals surface area contributed by atoms with Crippen LogP contribution >= 0.6 is 0 Å². The van der Waals surface area contributed by atoms with E-state index in [0.717, 1.165) is 12.3 Å². The maximum absolute atomic E-state index is 10.9. The van der Waals surface area contributed by atoms with Crippen molar-refractivity contribution in [3.63, 3.8) is 0 Å². The first-order chi connectivity index (χ1) is 8.65. The zero-order chi connectivity index (χ0) is 13.0. The number of amides is 1. The van der Waals surface area contributed by atoms with Crippen molar-refractivity contribution in [1.82, 2.24) is 5.32 Å². The molecule has 1 aliphatic rings. The van der Waals surface area contributed by atoms with Gasteiger partial charge < -0.3 is 15.8 Å². The minimum absolute atomic E-state index is 0.266. The van der Waals surface area contributed by atoms with Gasteiger partial charge in [-0.3, -0.25) is 4.79 Å². The molecular weight excluding hydrogens is 228 g/mol. The van der Waals surface area contributed by atoms with Crippen molar-refractivity contribution in [3.05, 3.63) is 29.8 Å². The molecule has 0 aliphatic heterocycles. The van der Waals surface area contributed by atoms with Gasteiger partial charge >= 0.3 is 0 Å². The van der Waals surface area contributed by atoms with Crippen LogP contribution in [0.25, 0.3) is 0 Å². The Morgan fingerprint density at radius 1 is 1.56 bits per heavy atom. The Labute approximate surface area is 108 Å². The van der Waals surface area contributed by atoms with Crippen LogP contribution in [0.1, 0.15) is 25.3 Å². The maximum Gasteiger partial charge on any atom is 0.223 e. The maximum atomic E-state index is 10.9. The van der Waals surface area contributed by atoms with Gasteiger partial charge in [-0.05, 0) is 30.5 Å². The fourth-order valence-electron chi connectivity index (χ4n) is 1.60. The van der Waals surface area contributed by atoms with Gasteiger partial charge in [0.1, 0.15) is 5.75 Å². The van der Waals surface area contributed by atoms with Gasteiger partial charge in [0.05, 0.1) is 12.5 Å². The second-order valence-corrected chi connectivity index (χ2v) is 4.92. The standard InChI is InChI=1S/C14H20N2O2/c1-10(14(15)17)9-18-13-4-2-3-11(7-13)8-16-12-5-6-12/h2-4,7,10,12,16H,5-6,8-9H2,1H3,(H2,15,17). The van der Waals surface area contributed by atoms with Gasteiger partial charge in [-0.2, -0.15) is 0 Å². The minimum atomic E-state index is -0.332. The normalized spacial score (nSPS) is 16.3. The quantitative estimate of drug-likeness (QED) is 0.767. The summed E-state index contributed by atoms with van der Waals surface area (Å²) in [4.78, 5) is 10.9. The van der Waals surface area contributed by atoms with E-state index in [0.29, 0.717) is 12.6 Å². The second-order valence-electron chi connectivity index (χ2n) is 4.92. The lowest BCUT2D eigenvalue weighted by Crippen LogP contribution is -2.25. The van der Waals surface area contributed by atoms with Crippen LogP contribution in [-0.4, -0.2) is 18.6 Å². The number of benzene rings is 1. The summed E-state index contributed by atoms with van der Waals surface area (Å²) in [6, 6.07) is 8.63. The van der Waals surface area contributed by atoms with E-state index in [2.05, 4.69) is 11.4 Å². The van der Waals surface area contributed by atoms with Crippen LogP contribution in [0.2, 0.25) is 0 Å². The number of hydrogen-bond acceptors (Lipinski definition) is 3. The Morgan fingerprint density at radius 3 is 3.00 bits per heavy atom. The molecular formula is C14H20N2O2. The summed E-state index contributed by atoms with van der Waals surface area (Å²) < 4.78 is 5.56. The molecule has 18 heavy (non-hydrogen) atoms. The molecule has 1 aromatic rings. The lowest BCUT2D eigenvalue weighted by molar-refractivity contribution is -0.122. The highest BCUT2D eigenvalue weighted by Crippen LogP contribution is 2.20. The van der Waals surface area contributed by atoms with Crippen LogP contribution < -0.4 is 15.8 Å². The third-order valence-electron chi connectivity index (χ3n) is 3.06. The summed E-state index contributed by atoms with van der Waals surface area (Å²) in [6.45, 7) is 2.96. The van der Waals surface area contributed by atoms with Gasteiger partial charge in [-0.1, -0.05) is 19.1 Å². The zero-order valence-corrected chi connectivity index (χ0v) is 10.7. The Hall–Kier alpha value is -1.55. The SMILES string of the molecule is CC(COc1cccc(CNC2CC2)c1)C(N)=O. The molecule has 1 saturated carbocycles. The molecule has 0 saturated heterocycles. The van der Waals surface area contributed by atoms with Crippen molar-refractivity contribution >= 4 is 5.91 Å². The molecule has 1 aliphatic carbocycles. The van der Waals surface area contributed by atoms with E-state index in [4.69, 9.17) is 10.5 Å². The van der Waals surface area contributed by atoms with E-state index in [9.17, 15) is 4.79 Å². The van der Waals surface area contributed by atoms with Crippen molar-refractivity contribution in [2.45, 2.75) is 32.4 Å². The van der Waals surface area contributed by atoms with Crippen LogP contribution in [0.3, 0.4) is 0 Å². The third kappa shape index (κ3) is 4.04. The predicted molar refractivity (Wildman–Crippen MR) is 70.2 cm³/mol. The molecule has 0 radical (unpaired) electrons. The number of rotatable bonds is 7. The lowest BCUT2D eigenvalue weighted by Gasteiger charge is -2.11. The minimum Gasteiger partial charge on any atom is -0.493 e. The first-order valence-electron chi connectivity index (χ1n) is 6.39. The number of carbonyl (C=O) groups is 1. The number of nitrogens with one attached hydrogen (secondary N) is 1. The second kappa shape index (κ2) is 5.87. The molecule has 4 nitrogen and oxygen atoms in total. The highest BCUT2D eigenvalue weighted by atomic mass is 16.5. The number of hydrogen-bond donors (Lipinski definition) is 2. The average molecular weight is 248 g/mol. The fraction of sp³-hybridized carbons (Fsp3) is 0.500. The lowest BCUT2D eigenvalue weighted by atomic mass is 10.2. The largest absolute Gasteiger partial charge is 0.493 e. The van der Waals surface area contributed by atoms with Crippen LogP contribution in [-0.2, 0) is 11.3 Å². The molecule has 1 aromatic carbocycles. The van der Waals surface area contributed by atoms with E-state index in [-0.39, 0.29) is 11.8 Å². The Bertz CT molecular complexity index is 416.